The van der Waals surface area contributed by atoms with Crippen molar-refractivity contribution in [1.82, 2.24) is 4.98 Å². The first-order valence-electron chi connectivity index (χ1n) is 11.9. The number of hydrogen-bond acceptors (Lipinski definition) is 7. The number of thiophene rings is 1. The standard InChI is InChI=1S/C26H27F2N3O4S2/c1-15-3-5-17(6-4-15)25(33)31(12-22(27)28)20-11-21(37-23(20)26(34)35-2)16-7-9-18(10-8-16)30-24(32)19-13-36-14-29-19/h7-11,13-15,17,22H,3-6,12H2,1-2H3,(H,30,32)/t15-,17-. The molecule has 3 aromatic rings. The molecule has 1 N–H and O–H groups in total. The van der Waals surface area contributed by atoms with Gasteiger partial charge < -0.3 is 15.0 Å². The monoisotopic (exact) mass is 547 g/mol. The molecular weight excluding hydrogens is 520 g/mol. The van der Waals surface area contributed by atoms with E-state index in [4.69, 9.17) is 4.74 Å². The molecule has 37 heavy (non-hydrogen) atoms. The molecule has 2 heterocycles. The zero-order valence-corrected chi connectivity index (χ0v) is 22.0. The van der Waals surface area contributed by atoms with Gasteiger partial charge in [-0.05, 0) is 55.4 Å². The van der Waals surface area contributed by atoms with Gasteiger partial charge in [0.05, 0.1) is 24.9 Å². The molecule has 1 aliphatic rings. The number of alkyl halides is 2. The van der Waals surface area contributed by atoms with E-state index >= 15 is 0 Å². The molecule has 0 radical (unpaired) electrons. The van der Waals surface area contributed by atoms with E-state index in [0.717, 1.165) is 29.1 Å². The molecule has 0 spiro atoms. The van der Waals surface area contributed by atoms with Crippen LogP contribution in [0.3, 0.4) is 0 Å². The van der Waals surface area contributed by atoms with Crippen molar-refractivity contribution >= 4 is 51.8 Å². The predicted molar refractivity (Wildman–Crippen MR) is 141 cm³/mol. The van der Waals surface area contributed by atoms with Gasteiger partial charge in [0, 0.05) is 21.9 Å². The van der Waals surface area contributed by atoms with Crippen molar-refractivity contribution < 1.29 is 27.9 Å². The predicted octanol–water partition coefficient (Wildman–Crippen LogP) is 6.33. The zero-order chi connectivity index (χ0) is 26.5. The fourth-order valence-corrected chi connectivity index (χ4v) is 5.99. The number of anilines is 2. The molecule has 2 amide bonds. The van der Waals surface area contributed by atoms with Gasteiger partial charge in [-0.25, -0.2) is 18.6 Å². The van der Waals surface area contributed by atoms with Gasteiger partial charge >= 0.3 is 5.97 Å². The number of methoxy groups -OCH3 is 1. The number of hydrogen-bond donors (Lipinski definition) is 1. The SMILES string of the molecule is COC(=O)c1sc(-c2ccc(NC(=O)c3cscn3)cc2)cc1N(CC(F)F)C(=O)[C@H]1CC[C@H](C)CC1. The van der Waals surface area contributed by atoms with E-state index in [0.29, 0.717) is 40.6 Å². The number of esters is 1. The Balaban J connectivity index is 1.62. The second kappa shape index (κ2) is 11.9. The Labute approximate surface area is 221 Å². The maximum atomic E-state index is 13.6. The fourth-order valence-electron chi connectivity index (χ4n) is 4.37. The minimum atomic E-state index is -2.76. The molecule has 1 saturated carbocycles. The Hall–Kier alpha value is -3.18. The minimum Gasteiger partial charge on any atom is -0.465 e. The molecule has 1 aromatic carbocycles. The first-order valence-corrected chi connectivity index (χ1v) is 13.6. The smallest absolute Gasteiger partial charge is 0.350 e. The topological polar surface area (TPSA) is 88.6 Å². The van der Waals surface area contributed by atoms with Crippen molar-refractivity contribution in [3.8, 4) is 10.4 Å². The van der Waals surface area contributed by atoms with E-state index in [1.165, 1.54) is 18.4 Å². The van der Waals surface area contributed by atoms with Gasteiger partial charge in [0.1, 0.15) is 10.6 Å². The number of thiazole rings is 1. The van der Waals surface area contributed by atoms with Crippen LogP contribution in [-0.2, 0) is 9.53 Å². The van der Waals surface area contributed by atoms with Gasteiger partial charge in [-0.2, -0.15) is 0 Å². The van der Waals surface area contributed by atoms with E-state index in [1.54, 1.807) is 41.2 Å². The van der Waals surface area contributed by atoms with Crippen LogP contribution in [0.4, 0.5) is 20.2 Å². The van der Waals surface area contributed by atoms with Crippen LogP contribution in [0.1, 0.15) is 52.8 Å². The van der Waals surface area contributed by atoms with Crippen LogP contribution in [0.5, 0.6) is 0 Å². The summed E-state index contributed by atoms with van der Waals surface area (Å²) >= 11 is 2.39. The highest BCUT2D eigenvalue weighted by Gasteiger charge is 2.33. The van der Waals surface area contributed by atoms with Crippen molar-refractivity contribution in [2.75, 3.05) is 23.9 Å². The number of halogens is 2. The highest BCUT2D eigenvalue weighted by molar-refractivity contribution is 7.18. The van der Waals surface area contributed by atoms with Gasteiger partial charge in [0.15, 0.2) is 0 Å². The van der Waals surface area contributed by atoms with E-state index in [9.17, 15) is 23.2 Å². The summed E-state index contributed by atoms with van der Waals surface area (Å²) in [5, 5.41) is 4.40. The van der Waals surface area contributed by atoms with Gasteiger partial charge in [-0.3, -0.25) is 9.59 Å². The Bertz CT molecular complexity index is 1240. The van der Waals surface area contributed by atoms with Gasteiger partial charge in [-0.15, -0.1) is 22.7 Å². The summed E-state index contributed by atoms with van der Waals surface area (Å²) < 4.78 is 32.1. The van der Waals surface area contributed by atoms with Crippen LogP contribution < -0.4 is 10.2 Å². The third-order valence-corrected chi connectivity index (χ3v) is 8.16. The van der Waals surface area contributed by atoms with Crippen LogP contribution in [0.2, 0.25) is 0 Å². The van der Waals surface area contributed by atoms with Gasteiger partial charge in [-0.1, -0.05) is 19.1 Å². The first kappa shape index (κ1) is 26.9. The number of carbonyl (C=O) groups excluding carboxylic acids is 3. The lowest BCUT2D eigenvalue weighted by Crippen LogP contribution is -2.41. The van der Waals surface area contributed by atoms with Crippen LogP contribution in [-0.4, -0.2) is 42.8 Å². The average molecular weight is 548 g/mol. The fraction of sp³-hybridized carbons (Fsp3) is 0.385. The molecule has 0 saturated heterocycles. The second-order valence-electron chi connectivity index (χ2n) is 9.02. The molecule has 0 unspecified atom stereocenters. The summed E-state index contributed by atoms with van der Waals surface area (Å²) in [6, 6.07) is 8.47. The molecule has 1 aliphatic carbocycles. The Kier molecular flexibility index (Phi) is 8.65. The van der Waals surface area contributed by atoms with Crippen LogP contribution in [0, 0.1) is 11.8 Å². The third kappa shape index (κ3) is 6.40. The van der Waals surface area contributed by atoms with E-state index < -0.39 is 18.9 Å². The molecule has 196 valence electrons. The number of aromatic nitrogens is 1. The summed E-state index contributed by atoms with van der Waals surface area (Å²) in [4.78, 5) is 44.0. The van der Waals surface area contributed by atoms with Crippen LogP contribution in [0.15, 0.2) is 41.2 Å². The maximum Gasteiger partial charge on any atom is 0.350 e. The second-order valence-corrected chi connectivity index (χ2v) is 10.8. The lowest BCUT2D eigenvalue weighted by molar-refractivity contribution is -0.124. The number of amides is 2. The van der Waals surface area contributed by atoms with E-state index in [-0.39, 0.29) is 28.3 Å². The number of nitrogens with one attached hydrogen (secondary N) is 1. The van der Waals surface area contributed by atoms with E-state index in [1.807, 2.05) is 0 Å². The van der Waals surface area contributed by atoms with Crippen molar-refractivity contribution in [2.45, 2.75) is 39.0 Å². The number of rotatable bonds is 8. The molecule has 0 bridgehead atoms. The minimum absolute atomic E-state index is 0.0941. The Morgan fingerprint density at radius 3 is 2.46 bits per heavy atom. The summed E-state index contributed by atoms with van der Waals surface area (Å²) in [7, 11) is 1.22. The maximum absolute atomic E-state index is 13.6. The van der Waals surface area contributed by atoms with E-state index in [2.05, 4.69) is 17.2 Å². The molecule has 4 rings (SSSR count). The first-order chi connectivity index (χ1) is 17.8. The Morgan fingerprint density at radius 1 is 1.16 bits per heavy atom. The molecule has 7 nitrogen and oxygen atoms in total. The number of benzene rings is 1. The lowest BCUT2D eigenvalue weighted by atomic mass is 9.82. The summed E-state index contributed by atoms with van der Waals surface area (Å²) in [5.41, 5.74) is 3.27. The molecular formula is C26H27F2N3O4S2. The summed E-state index contributed by atoms with van der Waals surface area (Å²) in [6.45, 7) is 1.32. The van der Waals surface area contributed by atoms with Gasteiger partial charge in [0.2, 0.25) is 5.91 Å². The third-order valence-electron chi connectivity index (χ3n) is 6.42. The molecule has 1 fully saturated rings. The number of carbonyl (C=O) groups is 3. The quantitative estimate of drug-likeness (QED) is 0.333. The Morgan fingerprint density at radius 2 is 1.86 bits per heavy atom. The van der Waals surface area contributed by atoms with Crippen molar-refractivity contribution in [1.29, 1.82) is 0 Å². The van der Waals surface area contributed by atoms with Gasteiger partial charge in [0.25, 0.3) is 12.3 Å². The van der Waals surface area contributed by atoms with Crippen molar-refractivity contribution in [3.05, 3.63) is 51.8 Å². The normalized spacial score (nSPS) is 17.4. The molecule has 0 aliphatic heterocycles. The molecule has 11 heteroatoms. The summed E-state index contributed by atoms with van der Waals surface area (Å²) in [5.74, 6) is -1.27. The van der Waals surface area contributed by atoms with Crippen molar-refractivity contribution in [3.63, 3.8) is 0 Å². The lowest BCUT2D eigenvalue weighted by Gasteiger charge is -2.31. The zero-order valence-electron chi connectivity index (χ0n) is 20.4. The van der Waals surface area contributed by atoms with Crippen LogP contribution >= 0.6 is 22.7 Å². The number of ether oxygens (including phenoxy) is 1. The highest BCUT2D eigenvalue weighted by atomic mass is 32.1. The summed E-state index contributed by atoms with van der Waals surface area (Å²) in [6.07, 6.45) is 0.240. The number of nitrogens with zero attached hydrogens (tertiary/aromatic N) is 2. The molecule has 0 atom stereocenters. The molecule has 2 aromatic heterocycles. The largest absolute Gasteiger partial charge is 0.465 e. The average Bonchev–Trinajstić information content (AvgIpc) is 3.58. The highest BCUT2D eigenvalue weighted by Crippen LogP contribution is 2.40. The van der Waals surface area contributed by atoms with Crippen LogP contribution in [0.25, 0.3) is 10.4 Å². The van der Waals surface area contributed by atoms with Crippen molar-refractivity contribution in [2.24, 2.45) is 11.8 Å².